The van der Waals surface area contributed by atoms with Crippen LogP contribution in [0.2, 0.25) is 0 Å². The summed E-state index contributed by atoms with van der Waals surface area (Å²) in [5.74, 6) is 1.84. The molecule has 154 valence electrons. The number of methoxy groups -OCH3 is 2. The lowest BCUT2D eigenvalue weighted by Crippen LogP contribution is -2.41. The molecule has 0 aliphatic rings. The molecule has 1 atom stereocenters. The van der Waals surface area contributed by atoms with Gasteiger partial charge in [0.05, 0.1) is 20.8 Å². The normalized spacial score (nSPS) is 11.8. The lowest BCUT2D eigenvalue weighted by Gasteiger charge is -2.18. The molecule has 6 nitrogen and oxygen atoms in total. The van der Waals surface area contributed by atoms with Gasteiger partial charge in [0.25, 0.3) is 0 Å². The van der Waals surface area contributed by atoms with E-state index in [1.54, 1.807) is 39.5 Å². The van der Waals surface area contributed by atoms with Crippen LogP contribution in [0.15, 0.2) is 47.5 Å². The summed E-state index contributed by atoms with van der Waals surface area (Å²) in [4.78, 5) is 4.18. The summed E-state index contributed by atoms with van der Waals surface area (Å²) in [6.07, 6.45) is -0.235. The van der Waals surface area contributed by atoms with Crippen LogP contribution in [-0.2, 0) is 6.54 Å². The average Bonchev–Trinajstić information content (AvgIpc) is 2.69. The Labute approximate surface area is 182 Å². The zero-order valence-electron chi connectivity index (χ0n) is 16.5. The molecule has 2 aromatic rings. The van der Waals surface area contributed by atoms with Gasteiger partial charge in [0.2, 0.25) is 0 Å². The summed E-state index contributed by atoms with van der Waals surface area (Å²) < 4.78 is 29.8. The van der Waals surface area contributed by atoms with Crippen molar-refractivity contribution in [3.05, 3.63) is 53.8 Å². The third kappa shape index (κ3) is 7.06. The molecule has 0 heterocycles. The van der Waals surface area contributed by atoms with Crippen LogP contribution in [0.4, 0.5) is 4.39 Å². The Bertz CT molecular complexity index is 774. The minimum Gasteiger partial charge on any atom is -0.493 e. The second-order valence-electron chi connectivity index (χ2n) is 5.85. The number of nitrogens with one attached hydrogen (secondary N) is 2. The van der Waals surface area contributed by atoms with Crippen LogP contribution in [0.3, 0.4) is 0 Å². The van der Waals surface area contributed by atoms with Crippen molar-refractivity contribution >= 4 is 29.9 Å². The molecule has 0 saturated heterocycles. The van der Waals surface area contributed by atoms with Crippen LogP contribution >= 0.6 is 24.0 Å². The number of rotatable bonds is 8. The van der Waals surface area contributed by atoms with Gasteiger partial charge in [-0.15, -0.1) is 24.0 Å². The highest BCUT2D eigenvalue weighted by molar-refractivity contribution is 14.0. The van der Waals surface area contributed by atoms with E-state index in [2.05, 4.69) is 15.6 Å². The smallest absolute Gasteiger partial charge is 0.191 e. The predicted octanol–water partition coefficient (Wildman–Crippen LogP) is 3.59. The molecule has 0 aromatic heterocycles. The fourth-order valence-corrected chi connectivity index (χ4v) is 2.44. The van der Waals surface area contributed by atoms with Gasteiger partial charge in [-0.1, -0.05) is 18.2 Å². The lowest BCUT2D eigenvalue weighted by atomic mass is 10.2. The summed E-state index contributed by atoms with van der Waals surface area (Å²) in [5.41, 5.74) is 1.02. The molecule has 0 bridgehead atoms. The fourth-order valence-electron chi connectivity index (χ4n) is 2.44. The monoisotopic (exact) mass is 503 g/mol. The van der Waals surface area contributed by atoms with E-state index in [4.69, 9.17) is 14.2 Å². The van der Waals surface area contributed by atoms with Gasteiger partial charge in [-0.3, -0.25) is 4.99 Å². The largest absolute Gasteiger partial charge is 0.493 e. The zero-order valence-corrected chi connectivity index (χ0v) is 18.8. The van der Waals surface area contributed by atoms with Gasteiger partial charge in [0, 0.05) is 13.6 Å². The number of nitrogens with zero attached hydrogens (tertiary/aromatic N) is 1. The van der Waals surface area contributed by atoms with Gasteiger partial charge < -0.3 is 24.8 Å². The number of halogens is 2. The van der Waals surface area contributed by atoms with Crippen LogP contribution in [0.5, 0.6) is 17.2 Å². The van der Waals surface area contributed by atoms with E-state index in [9.17, 15) is 4.39 Å². The summed E-state index contributed by atoms with van der Waals surface area (Å²) in [5, 5.41) is 6.38. The van der Waals surface area contributed by atoms with Crippen LogP contribution in [-0.4, -0.2) is 39.9 Å². The van der Waals surface area contributed by atoms with Crippen molar-refractivity contribution < 1.29 is 18.6 Å². The summed E-state index contributed by atoms with van der Waals surface area (Å²) in [7, 11) is 4.89. The van der Waals surface area contributed by atoms with Gasteiger partial charge in [-0.2, -0.15) is 0 Å². The molecular formula is C20H27FIN3O3. The highest BCUT2D eigenvalue weighted by Gasteiger charge is 2.09. The molecule has 2 rings (SSSR count). The Balaban J connectivity index is 0.00000392. The van der Waals surface area contributed by atoms with Crippen molar-refractivity contribution in [1.29, 1.82) is 0 Å². The van der Waals surface area contributed by atoms with Crippen LogP contribution in [0.25, 0.3) is 0 Å². The third-order valence-electron chi connectivity index (χ3n) is 3.85. The molecule has 0 saturated carbocycles. The lowest BCUT2D eigenvalue weighted by molar-refractivity contribution is 0.214. The van der Waals surface area contributed by atoms with Gasteiger partial charge in [0.1, 0.15) is 6.10 Å². The topological polar surface area (TPSA) is 64.1 Å². The molecule has 2 N–H and O–H groups in total. The first kappa shape index (κ1) is 23.8. The molecule has 1 unspecified atom stereocenters. The fraction of sp³-hybridized carbons (Fsp3) is 0.350. The minimum absolute atomic E-state index is 0. The van der Waals surface area contributed by atoms with E-state index >= 15 is 0 Å². The number of hydrogen-bond donors (Lipinski definition) is 2. The van der Waals surface area contributed by atoms with Crippen molar-refractivity contribution in [2.45, 2.75) is 19.6 Å². The molecule has 8 heteroatoms. The molecule has 0 spiro atoms. The minimum atomic E-state index is -0.375. The first-order valence-corrected chi connectivity index (χ1v) is 8.64. The number of benzene rings is 2. The Morgan fingerprint density at radius 1 is 1.04 bits per heavy atom. The molecule has 0 fully saturated rings. The van der Waals surface area contributed by atoms with Crippen LogP contribution in [0.1, 0.15) is 12.5 Å². The number of aliphatic imine (C=N–C) groups is 1. The molecule has 0 aliphatic carbocycles. The second-order valence-corrected chi connectivity index (χ2v) is 5.85. The Morgan fingerprint density at radius 2 is 1.75 bits per heavy atom. The maximum absolute atomic E-state index is 13.6. The Morgan fingerprint density at radius 3 is 2.39 bits per heavy atom. The maximum atomic E-state index is 13.6. The molecule has 0 radical (unpaired) electrons. The van der Waals surface area contributed by atoms with Gasteiger partial charge in [0.15, 0.2) is 29.0 Å². The van der Waals surface area contributed by atoms with Crippen molar-refractivity contribution in [3.8, 4) is 17.2 Å². The van der Waals surface area contributed by atoms with E-state index in [1.807, 2.05) is 25.1 Å². The second kappa shape index (κ2) is 12.3. The Kier molecular flexibility index (Phi) is 10.4. The highest BCUT2D eigenvalue weighted by atomic mass is 127. The van der Waals surface area contributed by atoms with Crippen LogP contribution < -0.4 is 24.8 Å². The van der Waals surface area contributed by atoms with Crippen molar-refractivity contribution in [1.82, 2.24) is 10.6 Å². The number of para-hydroxylation sites is 1. The van der Waals surface area contributed by atoms with Crippen LogP contribution in [0, 0.1) is 5.82 Å². The van der Waals surface area contributed by atoms with Crippen molar-refractivity contribution in [2.24, 2.45) is 4.99 Å². The standard InChI is InChI=1S/C20H26FN3O3.HI/c1-14(27-17-8-6-5-7-16(17)21)12-23-20(22-2)24-13-15-9-10-18(25-3)19(11-15)26-4;/h5-11,14H,12-13H2,1-4H3,(H2,22,23,24);1H. The van der Waals surface area contributed by atoms with E-state index in [0.717, 1.165) is 5.56 Å². The average molecular weight is 503 g/mol. The third-order valence-corrected chi connectivity index (χ3v) is 3.85. The number of guanidine groups is 1. The zero-order chi connectivity index (χ0) is 19.6. The van der Waals surface area contributed by atoms with E-state index < -0.39 is 0 Å². The van der Waals surface area contributed by atoms with E-state index in [-0.39, 0.29) is 41.6 Å². The molecule has 2 aromatic carbocycles. The van der Waals surface area contributed by atoms with Gasteiger partial charge in [-0.05, 0) is 36.8 Å². The molecule has 0 aliphatic heterocycles. The van der Waals surface area contributed by atoms with Crippen molar-refractivity contribution in [2.75, 3.05) is 27.8 Å². The molecular weight excluding hydrogens is 476 g/mol. The summed E-state index contributed by atoms with van der Waals surface area (Å²) in [6.45, 7) is 2.89. The van der Waals surface area contributed by atoms with Gasteiger partial charge in [-0.25, -0.2) is 4.39 Å². The quantitative estimate of drug-likeness (QED) is 0.328. The molecule has 0 amide bonds. The summed E-state index contributed by atoms with van der Waals surface area (Å²) >= 11 is 0. The number of hydrogen-bond acceptors (Lipinski definition) is 4. The highest BCUT2D eigenvalue weighted by Crippen LogP contribution is 2.27. The first-order chi connectivity index (χ1) is 13.1. The first-order valence-electron chi connectivity index (χ1n) is 8.64. The number of ether oxygens (including phenoxy) is 3. The maximum Gasteiger partial charge on any atom is 0.191 e. The summed E-state index contributed by atoms with van der Waals surface area (Å²) in [6, 6.07) is 12.1. The SMILES string of the molecule is CN=C(NCc1ccc(OC)c(OC)c1)NCC(C)Oc1ccccc1F.I. The predicted molar refractivity (Wildman–Crippen MR) is 120 cm³/mol. The van der Waals surface area contributed by atoms with E-state index in [0.29, 0.717) is 30.5 Å². The van der Waals surface area contributed by atoms with E-state index in [1.165, 1.54) is 6.07 Å². The van der Waals surface area contributed by atoms with Gasteiger partial charge >= 0.3 is 0 Å². The molecule has 28 heavy (non-hydrogen) atoms. The van der Waals surface area contributed by atoms with Crippen molar-refractivity contribution in [3.63, 3.8) is 0 Å². The Hall–Kier alpha value is -2.23.